The predicted molar refractivity (Wildman–Crippen MR) is 68.8 cm³/mol. The number of fused-ring (bicyclic) bond motifs is 1. The molecule has 0 amide bonds. The summed E-state index contributed by atoms with van der Waals surface area (Å²) in [6.07, 6.45) is 0. The Morgan fingerprint density at radius 2 is 1.95 bits per heavy atom. The van der Waals surface area contributed by atoms with Gasteiger partial charge in [-0.3, -0.25) is 0 Å². The van der Waals surface area contributed by atoms with Gasteiger partial charge in [-0.05, 0) is 24.3 Å². The fraction of sp³-hybridized carbons (Fsp3) is 0. The fourth-order valence-corrected chi connectivity index (χ4v) is 1.90. The summed E-state index contributed by atoms with van der Waals surface area (Å²) >= 11 is 5.86. The van der Waals surface area contributed by atoms with E-state index in [4.69, 9.17) is 21.8 Å². The molecule has 0 unspecified atom stereocenters. The average Bonchev–Trinajstić information content (AvgIpc) is 2.75. The minimum atomic E-state index is -0.618. The second-order valence-electron chi connectivity index (χ2n) is 3.98. The van der Waals surface area contributed by atoms with Crippen LogP contribution in [0.3, 0.4) is 0 Å². The molecule has 3 aromatic rings. The maximum absolute atomic E-state index is 13.6. The molecule has 3 rings (SSSR count). The highest BCUT2D eigenvalue weighted by molar-refractivity contribution is 6.33. The Morgan fingerprint density at radius 3 is 2.74 bits per heavy atom. The van der Waals surface area contributed by atoms with Crippen LogP contribution in [0.1, 0.15) is 0 Å². The average molecular weight is 281 g/mol. The molecule has 1 heterocycles. The molecule has 0 fully saturated rings. The second kappa shape index (κ2) is 4.20. The zero-order valence-corrected chi connectivity index (χ0v) is 10.2. The Balaban J connectivity index is 2.23. The molecule has 0 aliphatic rings. The maximum atomic E-state index is 13.6. The minimum Gasteiger partial charge on any atom is -0.436 e. The van der Waals surface area contributed by atoms with Crippen LogP contribution in [0, 0.1) is 11.6 Å². The van der Waals surface area contributed by atoms with Crippen LogP contribution < -0.4 is 5.73 Å². The smallest absolute Gasteiger partial charge is 0.230 e. The number of hydrogen-bond acceptors (Lipinski definition) is 3. The lowest BCUT2D eigenvalue weighted by Gasteiger charge is -1.97. The standard InChI is InChI=1S/C13H7ClF2N2O/c14-8-4-11-12(5-10(8)17)19-13(18-11)7-3-6(15)1-2-9(7)16/h1-5H,17H2. The SMILES string of the molecule is Nc1cc2oc(-c3cc(F)ccc3F)nc2cc1Cl. The summed E-state index contributed by atoms with van der Waals surface area (Å²) in [6, 6.07) is 6.06. The van der Waals surface area contributed by atoms with Crippen molar-refractivity contribution in [3.05, 3.63) is 47.0 Å². The summed E-state index contributed by atoms with van der Waals surface area (Å²) in [7, 11) is 0. The van der Waals surface area contributed by atoms with Gasteiger partial charge in [0.05, 0.1) is 16.3 Å². The third-order valence-corrected chi connectivity index (χ3v) is 2.99. The lowest BCUT2D eigenvalue weighted by Crippen LogP contribution is -1.86. The van der Waals surface area contributed by atoms with Crippen LogP contribution in [-0.2, 0) is 0 Å². The van der Waals surface area contributed by atoms with Crippen molar-refractivity contribution in [2.45, 2.75) is 0 Å². The molecule has 0 saturated heterocycles. The summed E-state index contributed by atoms with van der Waals surface area (Å²) in [5.74, 6) is -1.21. The number of anilines is 1. The first-order valence-electron chi connectivity index (χ1n) is 5.35. The first kappa shape index (κ1) is 11.9. The topological polar surface area (TPSA) is 52.0 Å². The van der Waals surface area contributed by atoms with E-state index in [9.17, 15) is 8.78 Å². The first-order chi connectivity index (χ1) is 9.04. The van der Waals surface area contributed by atoms with Gasteiger partial charge in [-0.15, -0.1) is 0 Å². The number of benzene rings is 2. The summed E-state index contributed by atoms with van der Waals surface area (Å²) in [4.78, 5) is 4.07. The highest BCUT2D eigenvalue weighted by Gasteiger charge is 2.14. The van der Waals surface area contributed by atoms with Crippen LogP contribution in [-0.4, -0.2) is 4.98 Å². The Hall–Kier alpha value is -2.14. The quantitative estimate of drug-likeness (QED) is 0.685. The van der Waals surface area contributed by atoms with E-state index < -0.39 is 11.6 Å². The van der Waals surface area contributed by atoms with Crippen molar-refractivity contribution in [3.8, 4) is 11.5 Å². The van der Waals surface area contributed by atoms with E-state index in [1.54, 1.807) is 0 Å². The monoisotopic (exact) mass is 280 g/mol. The van der Waals surface area contributed by atoms with Crippen LogP contribution in [0.5, 0.6) is 0 Å². The van der Waals surface area contributed by atoms with Crippen molar-refractivity contribution in [2.75, 3.05) is 5.73 Å². The van der Waals surface area contributed by atoms with E-state index in [1.807, 2.05) is 0 Å². The molecule has 0 aliphatic carbocycles. The number of aromatic nitrogens is 1. The van der Waals surface area contributed by atoms with Crippen LogP contribution in [0.25, 0.3) is 22.6 Å². The van der Waals surface area contributed by atoms with E-state index >= 15 is 0 Å². The minimum absolute atomic E-state index is 0.0198. The molecule has 0 aliphatic heterocycles. The predicted octanol–water partition coefficient (Wildman–Crippen LogP) is 4.01. The van der Waals surface area contributed by atoms with Gasteiger partial charge in [0.1, 0.15) is 17.2 Å². The second-order valence-corrected chi connectivity index (χ2v) is 4.39. The summed E-state index contributed by atoms with van der Waals surface area (Å²) in [5, 5.41) is 0.326. The van der Waals surface area contributed by atoms with E-state index in [2.05, 4.69) is 4.98 Å². The van der Waals surface area contributed by atoms with Gasteiger partial charge >= 0.3 is 0 Å². The number of nitrogens with zero attached hydrogens (tertiary/aromatic N) is 1. The molecule has 6 heteroatoms. The third-order valence-electron chi connectivity index (χ3n) is 2.67. The lowest BCUT2D eigenvalue weighted by molar-refractivity contribution is 0.580. The lowest BCUT2D eigenvalue weighted by atomic mass is 10.2. The number of nitrogen functional groups attached to an aromatic ring is 1. The van der Waals surface area contributed by atoms with Gasteiger partial charge < -0.3 is 10.2 Å². The van der Waals surface area contributed by atoms with Crippen molar-refractivity contribution in [1.82, 2.24) is 4.98 Å². The van der Waals surface area contributed by atoms with Gasteiger partial charge in [0.25, 0.3) is 0 Å². The number of halogens is 3. The van der Waals surface area contributed by atoms with Crippen molar-refractivity contribution < 1.29 is 13.2 Å². The van der Waals surface area contributed by atoms with Gasteiger partial charge in [0.2, 0.25) is 5.89 Å². The molecule has 0 saturated carbocycles. The van der Waals surface area contributed by atoms with Gasteiger partial charge in [0, 0.05) is 6.07 Å². The molecule has 0 radical (unpaired) electrons. The largest absolute Gasteiger partial charge is 0.436 e. The molecule has 3 nitrogen and oxygen atoms in total. The normalized spacial score (nSPS) is 11.1. The van der Waals surface area contributed by atoms with Gasteiger partial charge in [0.15, 0.2) is 5.58 Å². The van der Waals surface area contributed by atoms with Crippen LogP contribution in [0.2, 0.25) is 5.02 Å². The number of oxazole rings is 1. The van der Waals surface area contributed by atoms with Gasteiger partial charge in [-0.25, -0.2) is 13.8 Å². The van der Waals surface area contributed by atoms with Crippen molar-refractivity contribution in [1.29, 1.82) is 0 Å². The molecular formula is C13H7ClF2N2O. The molecule has 0 atom stereocenters. The van der Waals surface area contributed by atoms with E-state index in [0.717, 1.165) is 18.2 Å². The molecule has 1 aromatic heterocycles. The van der Waals surface area contributed by atoms with Crippen molar-refractivity contribution >= 4 is 28.4 Å². The first-order valence-corrected chi connectivity index (χ1v) is 5.73. The molecule has 2 aromatic carbocycles. The Morgan fingerprint density at radius 1 is 1.16 bits per heavy atom. The van der Waals surface area contributed by atoms with Gasteiger partial charge in [-0.1, -0.05) is 11.6 Å². The number of rotatable bonds is 1. The van der Waals surface area contributed by atoms with E-state index in [0.29, 0.717) is 21.8 Å². The summed E-state index contributed by atoms with van der Waals surface area (Å²) < 4.78 is 32.1. The van der Waals surface area contributed by atoms with Crippen LogP contribution in [0.15, 0.2) is 34.7 Å². The highest BCUT2D eigenvalue weighted by atomic mass is 35.5. The zero-order valence-electron chi connectivity index (χ0n) is 9.45. The molecule has 0 bridgehead atoms. The zero-order chi connectivity index (χ0) is 13.6. The molecule has 0 spiro atoms. The Bertz CT molecular complexity index is 747. The Labute approximate surface area is 111 Å². The van der Waals surface area contributed by atoms with Gasteiger partial charge in [-0.2, -0.15) is 0 Å². The van der Waals surface area contributed by atoms with E-state index in [1.165, 1.54) is 12.1 Å². The molecule has 96 valence electrons. The Kier molecular flexibility index (Phi) is 2.64. The van der Waals surface area contributed by atoms with E-state index in [-0.39, 0.29) is 11.5 Å². The summed E-state index contributed by atoms with van der Waals surface area (Å²) in [5.41, 5.74) is 6.70. The summed E-state index contributed by atoms with van der Waals surface area (Å²) in [6.45, 7) is 0. The number of nitrogens with two attached hydrogens (primary N) is 1. The van der Waals surface area contributed by atoms with Crippen LogP contribution >= 0.6 is 11.6 Å². The highest BCUT2D eigenvalue weighted by Crippen LogP contribution is 2.31. The van der Waals surface area contributed by atoms with Crippen LogP contribution in [0.4, 0.5) is 14.5 Å². The fourth-order valence-electron chi connectivity index (χ4n) is 1.74. The third kappa shape index (κ3) is 2.02. The van der Waals surface area contributed by atoms with Crippen molar-refractivity contribution in [2.24, 2.45) is 0 Å². The molecule has 2 N–H and O–H groups in total. The molecule has 19 heavy (non-hydrogen) atoms. The molecular weight excluding hydrogens is 274 g/mol. The van der Waals surface area contributed by atoms with Crippen molar-refractivity contribution in [3.63, 3.8) is 0 Å². The maximum Gasteiger partial charge on any atom is 0.230 e. The number of hydrogen-bond donors (Lipinski definition) is 1.